The van der Waals surface area contributed by atoms with E-state index in [-0.39, 0.29) is 0 Å². The van der Waals surface area contributed by atoms with Crippen molar-refractivity contribution in [3.63, 3.8) is 0 Å². The molecule has 2 aromatic rings. The Morgan fingerprint density at radius 1 is 1.12 bits per heavy atom. The molecule has 0 radical (unpaired) electrons. The van der Waals surface area contributed by atoms with Crippen LogP contribution in [0, 0.1) is 18.6 Å². The molecule has 1 aliphatic heterocycles. The first-order valence-electron chi connectivity index (χ1n) is 8.05. The zero-order valence-electron chi connectivity index (χ0n) is 14.0. The maximum atomic E-state index is 13.3. The summed E-state index contributed by atoms with van der Waals surface area (Å²) in [6, 6.07) is 3.56. The summed E-state index contributed by atoms with van der Waals surface area (Å²) in [5.74, 6) is -0.0366. The Hall–Kier alpha value is -1.99. The van der Waals surface area contributed by atoms with Crippen molar-refractivity contribution in [2.75, 3.05) is 31.2 Å². The molecule has 1 aromatic carbocycles. The summed E-state index contributed by atoms with van der Waals surface area (Å²) in [6.45, 7) is 6.04. The van der Waals surface area contributed by atoms with Crippen LogP contribution in [0.2, 0.25) is 0 Å². The first-order valence-corrected chi connectivity index (χ1v) is 8.05. The molecular weight excluding hydrogens is 314 g/mol. The third-order valence-electron chi connectivity index (χ3n) is 4.18. The number of hydrogen-bond acceptors (Lipinski definition) is 4. The zero-order valence-corrected chi connectivity index (χ0v) is 14.0. The number of ether oxygens (including phenoxy) is 1. The van der Waals surface area contributed by atoms with Crippen LogP contribution in [0.4, 0.5) is 14.6 Å². The van der Waals surface area contributed by atoms with Crippen LogP contribution in [0.15, 0.2) is 18.2 Å². The number of morpholine rings is 1. The molecule has 1 N–H and O–H groups in total. The molecule has 3 rings (SSSR count). The van der Waals surface area contributed by atoms with E-state index in [1.54, 1.807) is 0 Å². The lowest BCUT2D eigenvalue weighted by Gasteiger charge is -2.29. The van der Waals surface area contributed by atoms with Crippen LogP contribution in [0.5, 0.6) is 0 Å². The second kappa shape index (κ2) is 7.27. The van der Waals surface area contributed by atoms with Gasteiger partial charge in [-0.25, -0.2) is 8.78 Å². The van der Waals surface area contributed by atoms with Gasteiger partial charge in [-0.05, 0) is 24.6 Å². The molecule has 0 aliphatic carbocycles. The fourth-order valence-electron chi connectivity index (χ4n) is 3.11. The van der Waals surface area contributed by atoms with E-state index in [9.17, 15) is 8.78 Å². The van der Waals surface area contributed by atoms with E-state index in [0.29, 0.717) is 31.9 Å². The number of aryl methyl sites for hydroxylation is 2. The number of benzene rings is 1. The molecule has 0 saturated carbocycles. The highest BCUT2D eigenvalue weighted by atomic mass is 19.1. The highest BCUT2D eigenvalue weighted by Gasteiger charge is 2.21. The van der Waals surface area contributed by atoms with Crippen LogP contribution in [0.3, 0.4) is 0 Å². The van der Waals surface area contributed by atoms with E-state index in [0.717, 1.165) is 36.2 Å². The lowest BCUT2D eigenvalue weighted by atomic mass is 10.2. The molecule has 0 bridgehead atoms. The van der Waals surface area contributed by atoms with Crippen molar-refractivity contribution in [3.05, 3.63) is 46.7 Å². The Bertz CT molecular complexity index is 691. The number of anilines is 1. The summed E-state index contributed by atoms with van der Waals surface area (Å²) in [6.07, 6.45) is 0. The molecule has 1 aromatic heterocycles. The number of hydrogen-bond donors (Lipinski definition) is 1. The van der Waals surface area contributed by atoms with Gasteiger partial charge < -0.3 is 15.0 Å². The van der Waals surface area contributed by atoms with Gasteiger partial charge in [-0.2, -0.15) is 5.10 Å². The first-order chi connectivity index (χ1) is 11.5. The van der Waals surface area contributed by atoms with Gasteiger partial charge in [0.1, 0.15) is 17.5 Å². The van der Waals surface area contributed by atoms with Gasteiger partial charge in [0.15, 0.2) is 0 Å². The van der Waals surface area contributed by atoms with Crippen LogP contribution < -0.4 is 10.2 Å². The third-order valence-corrected chi connectivity index (χ3v) is 4.18. The molecule has 24 heavy (non-hydrogen) atoms. The summed E-state index contributed by atoms with van der Waals surface area (Å²) in [7, 11) is 1.93. The summed E-state index contributed by atoms with van der Waals surface area (Å²) in [5.41, 5.74) is 2.65. The molecule has 0 unspecified atom stereocenters. The molecule has 0 atom stereocenters. The van der Waals surface area contributed by atoms with Gasteiger partial charge in [-0.15, -0.1) is 0 Å². The van der Waals surface area contributed by atoms with Gasteiger partial charge in [0.2, 0.25) is 0 Å². The molecule has 1 aliphatic rings. The van der Waals surface area contributed by atoms with E-state index in [2.05, 4.69) is 15.3 Å². The maximum absolute atomic E-state index is 13.3. The smallest absolute Gasteiger partial charge is 0.131 e. The highest BCUT2D eigenvalue weighted by molar-refractivity contribution is 5.50. The molecule has 7 heteroatoms. The van der Waals surface area contributed by atoms with Crippen molar-refractivity contribution in [2.24, 2.45) is 7.05 Å². The molecule has 5 nitrogen and oxygen atoms in total. The van der Waals surface area contributed by atoms with Crippen LogP contribution >= 0.6 is 0 Å². The lowest BCUT2D eigenvalue weighted by molar-refractivity contribution is 0.122. The molecule has 0 amide bonds. The van der Waals surface area contributed by atoms with E-state index < -0.39 is 11.6 Å². The van der Waals surface area contributed by atoms with Crippen LogP contribution in [-0.4, -0.2) is 36.1 Å². The van der Waals surface area contributed by atoms with Crippen molar-refractivity contribution >= 4 is 5.82 Å². The highest BCUT2D eigenvalue weighted by Crippen LogP contribution is 2.24. The Morgan fingerprint density at radius 2 is 1.79 bits per heavy atom. The SMILES string of the molecule is Cc1nn(C)c(N2CCOCC2)c1CNCc1cc(F)cc(F)c1. The largest absolute Gasteiger partial charge is 0.378 e. The predicted molar refractivity (Wildman–Crippen MR) is 87.9 cm³/mol. The van der Waals surface area contributed by atoms with Crippen LogP contribution in [0.25, 0.3) is 0 Å². The van der Waals surface area contributed by atoms with Gasteiger partial charge in [0.05, 0.1) is 18.9 Å². The second-order valence-electron chi connectivity index (χ2n) is 5.99. The zero-order chi connectivity index (χ0) is 17.1. The third kappa shape index (κ3) is 3.73. The van der Waals surface area contributed by atoms with Gasteiger partial charge in [0, 0.05) is 44.9 Å². The van der Waals surface area contributed by atoms with Crippen molar-refractivity contribution in [3.8, 4) is 0 Å². The van der Waals surface area contributed by atoms with E-state index in [4.69, 9.17) is 4.74 Å². The van der Waals surface area contributed by atoms with E-state index in [1.807, 2.05) is 18.7 Å². The molecular formula is C17H22F2N4O. The molecule has 0 spiro atoms. The van der Waals surface area contributed by atoms with E-state index >= 15 is 0 Å². The number of nitrogens with one attached hydrogen (secondary N) is 1. The monoisotopic (exact) mass is 336 g/mol. The second-order valence-corrected chi connectivity index (χ2v) is 5.99. The van der Waals surface area contributed by atoms with Gasteiger partial charge in [-0.3, -0.25) is 4.68 Å². The van der Waals surface area contributed by atoms with Crippen molar-refractivity contribution in [1.29, 1.82) is 0 Å². The Kier molecular flexibility index (Phi) is 5.11. The van der Waals surface area contributed by atoms with Crippen molar-refractivity contribution in [1.82, 2.24) is 15.1 Å². The average Bonchev–Trinajstić information content (AvgIpc) is 2.81. The molecule has 2 heterocycles. The number of nitrogens with zero attached hydrogens (tertiary/aromatic N) is 3. The topological polar surface area (TPSA) is 42.3 Å². The minimum atomic E-state index is -0.557. The number of rotatable bonds is 5. The van der Waals surface area contributed by atoms with Crippen LogP contribution in [-0.2, 0) is 24.9 Å². The van der Waals surface area contributed by atoms with Crippen LogP contribution in [0.1, 0.15) is 16.8 Å². The van der Waals surface area contributed by atoms with Gasteiger partial charge in [-0.1, -0.05) is 0 Å². The Morgan fingerprint density at radius 3 is 2.46 bits per heavy atom. The minimum absolute atomic E-state index is 0.394. The molecule has 1 saturated heterocycles. The standard InChI is InChI=1S/C17H22F2N4O/c1-12-16(11-20-10-13-7-14(18)9-15(19)8-13)17(22(2)21-12)23-3-5-24-6-4-23/h7-9,20H,3-6,10-11H2,1-2H3. The fraction of sp³-hybridized carbons (Fsp3) is 0.471. The lowest BCUT2D eigenvalue weighted by Crippen LogP contribution is -2.38. The number of aromatic nitrogens is 2. The van der Waals surface area contributed by atoms with Gasteiger partial charge >= 0.3 is 0 Å². The maximum Gasteiger partial charge on any atom is 0.131 e. The predicted octanol–water partition coefficient (Wildman–Crippen LogP) is 2.13. The Labute approximate surface area is 140 Å². The quantitative estimate of drug-likeness (QED) is 0.908. The van der Waals surface area contributed by atoms with Crippen molar-refractivity contribution < 1.29 is 13.5 Å². The van der Waals surface area contributed by atoms with Crippen molar-refractivity contribution in [2.45, 2.75) is 20.0 Å². The average molecular weight is 336 g/mol. The summed E-state index contributed by atoms with van der Waals surface area (Å²) in [5, 5.41) is 7.78. The van der Waals surface area contributed by atoms with Gasteiger partial charge in [0.25, 0.3) is 0 Å². The fourth-order valence-corrected chi connectivity index (χ4v) is 3.11. The Balaban J connectivity index is 1.70. The summed E-state index contributed by atoms with van der Waals surface area (Å²) < 4.78 is 33.8. The first kappa shape index (κ1) is 16.9. The normalized spacial score (nSPS) is 15.1. The minimum Gasteiger partial charge on any atom is -0.378 e. The summed E-state index contributed by atoms with van der Waals surface area (Å²) >= 11 is 0. The molecule has 130 valence electrons. The summed E-state index contributed by atoms with van der Waals surface area (Å²) in [4.78, 5) is 2.27. The number of halogens is 2. The van der Waals surface area contributed by atoms with E-state index in [1.165, 1.54) is 12.1 Å². The molecule has 1 fully saturated rings.